The summed E-state index contributed by atoms with van der Waals surface area (Å²) in [5.41, 5.74) is 9.43. The minimum atomic E-state index is 0.286. The van der Waals surface area contributed by atoms with E-state index in [0.29, 0.717) is 6.42 Å². The number of nitrogens with zero attached hydrogens (tertiary/aromatic N) is 2. The fourth-order valence-corrected chi connectivity index (χ4v) is 1.83. The Bertz CT molecular complexity index is 416. The predicted octanol–water partition coefficient (Wildman–Crippen LogP) is 2.26. The fourth-order valence-electron chi connectivity index (χ4n) is 1.83. The predicted molar refractivity (Wildman–Crippen MR) is 74.9 cm³/mol. The van der Waals surface area contributed by atoms with Gasteiger partial charge in [0.2, 0.25) is 0 Å². The molecule has 0 aromatic heterocycles. The van der Waals surface area contributed by atoms with Crippen LogP contribution in [0.1, 0.15) is 30.0 Å². The third-order valence-electron chi connectivity index (χ3n) is 3.24. The van der Waals surface area contributed by atoms with Gasteiger partial charge in [-0.1, -0.05) is 30.3 Å². The van der Waals surface area contributed by atoms with Gasteiger partial charge in [0.05, 0.1) is 0 Å². The van der Waals surface area contributed by atoms with Gasteiger partial charge in [0, 0.05) is 19.5 Å². The van der Waals surface area contributed by atoms with E-state index in [2.05, 4.69) is 49.0 Å². The topological polar surface area (TPSA) is 61.8 Å². The molecule has 0 fully saturated rings. The molecule has 3 N–H and O–H groups in total. The summed E-state index contributed by atoms with van der Waals surface area (Å²) < 4.78 is 0. The standard InChI is InChI=1S/C14H23N3O/c1-4-17(8-7-14(15)16-18)10-13-6-5-11(2)12(3)9-13/h5-6,9,18H,4,7-8,10H2,1-3H3,(H2,15,16). The molecule has 0 saturated heterocycles. The lowest BCUT2D eigenvalue weighted by molar-refractivity contribution is 0.283. The number of oxime groups is 1. The van der Waals surface area contributed by atoms with Gasteiger partial charge >= 0.3 is 0 Å². The van der Waals surface area contributed by atoms with Crippen molar-refractivity contribution >= 4 is 5.84 Å². The molecule has 0 unspecified atom stereocenters. The van der Waals surface area contributed by atoms with Crippen LogP contribution >= 0.6 is 0 Å². The maximum atomic E-state index is 8.52. The van der Waals surface area contributed by atoms with E-state index < -0.39 is 0 Å². The Hall–Kier alpha value is -1.55. The highest BCUT2D eigenvalue weighted by Gasteiger charge is 2.05. The summed E-state index contributed by atoms with van der Waals surface area (Å²) in [4.78, 5) is 2.28. The maximum absolute atomic E-state index is 8.52. The number of aryl methyl sites for hydroxylation is 2. The molecule has 4 heteroatoms. The number of hydrogen-bond donors (Lipinski definition) is 2. The fraction of sp³-hybridized carbons (Fsp3) is 0.500. The second-order valence-electron chi connectivity index (χ2n) is 4.63. The number of rotatable bonds is 6. The Labute approximate surface area is 109 Å². The SMILES string of the molecule is CCN(CCC(N)=NO)Cc1ccc(C)c(C)c1. The molecule has 18 heavy (non-hydrogen) atoms. The van der Waals surface area contributed by atoms with E-state index in [1.54, 1.807) is 0 Å². The van der Waals surface area contributed by atoms with E-state index in [1.807, 2.05) is 0 Å². The zero-order valence-electron chi connectivity index (χ0n) is 11.5. The quantitative estimate of drug-likeness (QED) is 0.352. The minimum absolute atomic E-state index is 0.286. The van der Waals surface area contributed by atoms with E-state index >= 15 is 0 Å². The number of benzene rings is 1. The highest BCUT2D eigenvalue weighted by molar-refractivity contribution is 5.79. The number of hydrogen-bond acceptors (Lipinski definition) is 3. The smallest absolute Gasteiger partial charge is 0.140 e. The zero-order valence-corrected chi connectivity index (χ0v) is 11.5. The van der Waals surface area contributed by atoms with Crippen molar-refractivity contribution in [2.75, 3.05) is 13.1 Å². The Morgan fingerprint density at radius 1 is 1.33 bits per heavy atom. The lowest BCUT2D eigenvalue weighted by Crippen LogP contribution is -2.27. The van der Waals surface area contributed by atoms with Gasteiger partial charge in [-0.2, -0.15) is 0 Å². The van der Waals surface area contributed by atoms with Gasteiger partial charge in [-0.15, -0.1) is 0 Å². The molecule has 0 heterocycles. The van der Waals surface area contributed by atoms with Crippen LogP contribution in [0.25, 0.3) is 0 Å². The Balaban J connectivity index is 2.59. The van der Waals surface area contributed by atoms with Crippen LogP contribution in [0, 0.1) is 13.8 Å². The van der Waals surface area contributed by atoms with Crippen LogP contribution in [-0.2, 0) is 6.54 Å². The first-order valence-electron chi connectivity index (χ1n) is 6.31. The molecule has 1 aromatic carbocycles. The van der Waals surface area contributed by atoms with E-state index in [4.69, 9.17) is 10.9 Å². The van der Waals surface area contributed by atoms with Crippen molar-refractivity contribution in [3.8, 4) is 0 Å². The molecule has 0 aliphatic heterocycles. The third kappa shape index (κ3) is 4.37. The maximum Gasteiger partial charge on any atom is 0.140 e. The highest BCUT2D eigenvalue weighted by atomic mass is 16.4. The summed E-state index contributed by atoms with van der Waals surface area (Å²) in [7, 11) is 0. The Morgan fingerprint density at radius 3 is 2.61 bits per heavy atom. The van der Waals surface area contributed by atoms with Gasteiger partial charge < -0.3 is 10.9 Å². The van der Waals surface area contributed by atoms with Crippen LogP contribution in [0.5, 0.6) is 0 Å². The van der Waals surface area contributed by atoms with Gasteiger partial charge in [-0.3, -0.25) is 4.90 Å². The summed E-state index contributed by atoms with van der Waals surface area (Å²) in [6.45, 7) is 9.02. The molecule has 0 aliphatic carbocycles. The van der Waals surface area contributed by atoms with E-state index in [1.165, 1.54) is 16.7 Å². The van der Waals surface area contributed by atoms with Gasteiger partial charge in [0.25, 0.3) is 0 Å². The van der Waals surface area contributed by atoms with Crippen molar-refractivity contribution in [1.82, 2.24) is 4.90 Å². The first-order chi connectivity index (χ1) is 8.56. The summed E-state index contributed by atoms with van der Waals surface area (Å²) in [5.74, 6) is 0.286. The first kappa shape index (κ1) is 14.5. The first-order valence-corrected chi connectivity index (χ1v) is 6.31. The Morgan fingerprint density at radius 2 is 2.06 bits per heavy atom. The normalized spacial score (nSPS) is 12.1. The van der Waals surface area contributed by atoms with Crippen LogP contribution in [0.2, 0.25) is 0 Å². The van der Waals surface area contributed by atoms with Crippen LogP contribution < -0.4 is 5.73 Å². The van der Waals surface area contributed by atoms with Crippen molar-refractivity contribution in [1.29, 1.82) is 0 Å². The van der Waals surface area contributed by atoms with Crippen LogP contribution in [0.3, 0.4) is 0 Å². The van der Waals surface area contributed by atoms with Gasteiger partial charge in [-0.05, 0) is 37.1 Å². The molecule has 4 nitrogen and oxygen atoms in total. The van der Waals surface area contributed by atoms with Crippen LogP contribution in [0.4, 0.5) is 0 Å². The van der Waals surface area contributed by atoms with Gasteiger partial charge in [0.1, 0.15) is 5.84 Å². The molecule has 0 radical (unpaired) electrons. The summed E-state index contributed by atoms with van der Waals surface area (Å²) in [5, 5.41) is 11.5. The molecule has 0 amide bonds. The Kier molecular flexibility index (Phi) is 5.65. The van der Waals surface area contributed by atoms with Gasteiger partial charge in [0.15, 0.2) is 0 Å². The van der Waals surface area contributed by atoms with Crippen molar-refractivity contribution in [3.63, 3.8) is 0 Å². The molecule has 100 valence electrons. The lowest BCUT2D eigenvalue weighted by atomic mass is 10.1. The molecule has 1 aromatic rings. The molecule has 0 aliphatic rings. The molecule has 0 spiro atoms. The molecule has 0 bridgehead atoms. The molecular formula is C14H23N3O. The van der Waals surface area contributed by atoms with Gasteiger partial charge in [-0.25, -0.2) is 0 Å². The van der Waals surface area contributed by atoms with E-state index in [9.17, 15) is 0 Å². The summed E-state index contributed by atoms with van der Waals surface area (Å²) in [6, 6.07) is 6.54. The van der Waals surface area contributed by atoms with Crippen molar-refractivity contribution in [3.05, 3.63) is 34.9 Å². The third-order valence-corrected chi connectivity index (χ3v) is 3.24. The van der Waals surface area contributed by atoms with Crippen molar-refractivity contribution in [2.24, 2.45) is 10.9 Å². The lowest BCUT2D eigenvalue weighted by Gasteiger charge is -2.20. The average molecular weight is 249 g/mol. The second kappa shape index (κ2) is 7.01. The average Bonchev–Trinajstić information content (AvgIpc) is 2.38. The highest BCUT2D eigenvalue weighted by Crippen LogP contribution is 2.12. The zero-order chi connectivity index (χ0) is 13.5. The monoisotopic (exact) mass is 249 g/mol. The number of amidine groups is 1. The molecule has 0 saturated carbocycles. The molecule has 1 rings (SSSR count). The molecular weight excluding hydrogens is 226 g/mol. The van der Waals surface area contributed by atoms with E-state index in [0.717, 1.165) is 19.6 Å². The second-order valence-corrected chi connectivity index (χ2v) is 4.63. The largest absolute Gasteiger partial charge is 0.409 e. The van der Waals surface area contributed by atoms with E-state index in [-0.39, 0.29) is 5.84 Å². The van der Waals surface area contributed by atoms with Crippen molar-refractivity contribution < 1.29 is 5.21 Å². The van der Waals surface area contributed by atoms with Crippen LogP contribution in [-0.4, -0.2) is 29.0 Å². The molecule has 0 atom stereocenters. The minimum Gasteiger partial charge on any atom is -0.409 e. The number of nitrogens with two attached hydrogens (primary N) is 1. The van der Waals surface area contributed by atoms with Crippen LogP contribution in [0.15, 0.2) is 23.4 Å². The van der Waals surface area contributed by atoms with Crippen molar-refractivity contribution in [2.45, 2.75) is 33.7 Å². The summed E-state index contributed by atoms with van der Waals surface area (Å²) in [6.07, 6.45) is 0.592. The summed E-state index contributed by atoms with van der Waals surface area (Å²) >= 11 is 0.